The second-order valence-electron chi connectivity index (χ2n) is 5.42. The smallest absolute Gasteiger partial charge is 0.162 e. The van der Waals surface area contributed by atoms with Crippen LogP contribution in [0.15, 0.2) is 0 Å². The summed E-state index contributed by atoms with van der Waals surface area (Å²) >= 11 is 0. The van der Waals surface area contributed by atoms with Crippen LogP contribution in [0.2, 0.25) is 0 Å². The standard InChI is InChI=1S/C12H25NO2/c1-9(2)6-10(3)13-11-7-14-12(4,5)15-8-11/h9-11,13H,6-8H2,1-5H3. The molecule has 0 saturated carbocycles. The summed E-state index contributed by atoms with van der Waals surface area (Å²) in [6.45, 7) is 12.1. The maximum absolute atomic E-state index is 5.60. The lowest BCUT2D eigenvalue weighted by Crippen LogP contribution is -2.51. The average molecular weight is 215 g/mol. The lowest BCUT2D eigenvalue weighted by molar-refractivity contribution is -0.253. The highest BCUT2D eigenvalue weighted by molar-refractivity contribution is 4.76. The Morgan fingerprint density at radius 1 is 1.20 bits per heavy atom. The van der Waals surface area contributed by atoms with Crippen molar-refractivity contribution in [1.29, 1.82) is 0 Å². The molecule has 0 aromatic heterocycles. The van der Waals surface area contributed by atoms with Gasteiger partial charge in [0.15, 0.2) is 5.79 Å². The fourth-order valence-electron chi connectivity index (χ4n) is 1.97. The van der Waals surface area contributed by atoms with Crippen LogP contribution in [0.5, 0.6) is 0 Å². The third-order valence-corrected chi connectivity index (χ3v) is 2.61. The van der Waals surface area contributed by atoms with Crippen LogP contribution in [0.25, 0.3) is 0 Å². The summed E-state index contributed by atoms with van der Waals surface area (Å²) in [6.07, 6.45) is 1.19. The summed E-state index contributed by atoms with van der Waals surface area (Å²) in [6, 6.07) is 0.871. The zero-order valence-corrected chi connectivity index (χ0v) is 10.7. The Hall–Kier alpha value is -0.120. The molecule has 1 fully saturated rings. The molecule has 1 heterocycles. The van der Waals surface area contributed by atoms with E-state index in [1.807, 2.05) is 13.8 Å². The van der Waals surface area contributed by atoms with Crippen molar-refractivity contribution >= 4 is 0 Å². The van der Waals surface area contributed by atoms with Crippen LogP contribution in [-0.4, -0.2) is 31.1 Å². The third kappa shape index (κ3) is 4.96. The molecular formula is C12H25NO2. The highest BCUT2D eigenvalue weighted by Gasteiger charge is 2.28. The second-order valence-corrected chi connectivity index (χ2v) is 5.42. The molecule has 0 bridgehead atoms. The van der Waals surface area contributed by atoms with Crippen LogP contribution in [0.4, 0.5) is 0 Å². The van der Waals surface area contributed by atoms with Gasteiger partial charge >= 0.3 is 0 Å². The van der Waals surface area contributed by atoms with Crippen LogP contribution >= 0.6 is 0 Å². The molecule has 15 heavy (non-hydrogen) atoms. The normalized spacial score (nSPS) is 24.4. The number of ether oxygens (including phenoxy) is 2. The Labute approximate surface area is 93.5 Å². The van der Waals surface area contributed by atoms with Crippen molar-refractivity contribution in [2.75, 3.05) is 13.2 Å². The Morgan fingerprint density at radius 3 is 2.20 bits per heavy atom. The predicted octanol–water partition coefficient (Wildman–Crippen LogP) is 2.16. The van der Waals surface area contributed by atoms with E-state index in [0.29, 0.717) is 12.1 Å². The van der Waals surface area contributed by atoms with Crippen LogP contribution in [0, 0.1) is 5.92 Å². The van der Waals surface area contributed by atoms with Gasteiger partial charge in [-0.05, 0) is 33.1 Å². The van der Waals surface area contributed by atoms with Gasteiger partial charge in [-0.3, -0.25) is 0 Å². The lowest BCUT2D eigenvalue weighted by atomic mass is 10.0. The van der Waals surface area contributed by atoms with Gasteiger partial charge in [-0.15, -0.1) is 0 Å². The molecule has 0 spiro atoms. The van der Waals surface area contributed by atoms with Crippen LogP contribution in [0.1, 0.15) is 41.0 Å². The first-order chi connectivity index (χ1) is 6.89. The van der Waals surface area contributed by atoms with Crippen LogP contribution in [0.3, 0.4) is 0 Å². The van der Waals surface area contributed by atoms with E-state index in [9.17, 15) is 0 Å². The van der Waals surface area contributed by atoms with E-state index < -0.39 is 5.79 Å². The Kier molecular flexibility index (Phi) is 4.56. The van der Waals surface area contributed by atoms with Gasteiger partial charge in [0, 0.05) is 6.04 Å². The van der Waals surface area contributed by atoms with Gasteiger partial charge in [-0.2, -0.15) is 0 Å². The van der Waals surface area contributed by atoms with Crippen LogP contribution in [-0.2, 0) is 9.47 Å². The van der Waals surface area contributed by atoms with E-state index in [1.54, 1.807) is 0 Å². The largest absolute Gasteiger partial charge is 0.349 e. The minimum atomic E-state index is -0.403. The highest BCUT2D eigenvalue weighted by atomic mass is 16.7. The van der Waals surface area contributed by atoms with Crippen molar-refractivity contribution in [2.24, 2.45) is 5.92 Å². The van der Waals surface area contributed by atoms with Crippen molar-refractivity contribution in [3.05, 3.63) is 0 Å². The fraction of sp³-hybridized carbons (Fsp3) is 1.00. The summed E-state index contributed by atoms with van der Waals surface area (Å²) in [4.78, 5) is 0. The molecule has 1 rings (SSSR count). The molecule has 0 aromatic rings. The van der Waals surface area contributed by atoms with E-state index in [2.05, 4.69) is 26.1 Å². The van der Waals surface area contributed by atoms with E-state index in [1.165, 1.54) is 6.42 Å². The summed E-state index contributed by atoms with van der Waals surface area (Å²) < 4.78 is 11.2. The van der Waals surface area contributed by atoms with Gasteiger partial charge < -0.3 is 14.8 Å². The molecule has 0 radical (unpaired) electrons. The lowest BCUT2D eigenvalue weighted by Gasteiger charge is -2.36. The minimum Gasteiger partial charge on any atom is -0.349 e. The zero-order chi connectivity index (χ0) is 11.5. The quantitative estimate of drug-likeness (QED) is 0.779. The number of rotatable bonds is 4. The van der Waals surface area contributed by atoms with Crippen molar-refractivity contribution in [2.45, 2.75) is 58.9 Å². The van der Waals surface area contributed by atoms with Gasteiger partial charge in [0.1, 0.15) is 0 Å². The highest BCUT2D eigenvalue weighted by Crippen LogP contribution is 2.17. The van der Waals surface area contributed by atoms with Crippen molar-refractivity contribution in [3.63, 3.8) is 0 Å². The van der Waals surface area contributed by atoms with E-state index in [-0.39, 0.29) is 0 Å². The first-order valence-corrected chi connectivity index (χ1v) is 5.93. The summed E-state index contributed by atoms with van der Waals surface area (Å²) in [5.74, 6) is 0.328. The Bertz CT molecular complexity index is 182. The summed E-state index contributed by atoms with van der Waals surface area (Å²) in [5, 5.41) is 3.54. The van der Waals surface area contributed by atoms with Gasteiger partial charge in [0.2, 0.25) is 0 Å². The second kappa shape index (κ2) is 5.28. The van der Waals surface area contributed by atoms with E-state index in [0.717, 1.165) is 19.1 Å². The molecule has 1 saturated heterocycles. The molecule has 1 atom stereocenters. The fourth-order valence-corrected chi connectivity index (χ4v) is 1.97. The molecule has 1 aliphatic rings. The van der Waals surface area contributed by atoms with Crippen molar-refractivity contribution in [1.82, 2.24) is 5.32 Å². The molecule has 0 aromatic carbocycles. The topological polar surface area (TPSA) is 30.5 Å². The maximum Gasteiger partial charge on any atom is 0.162 e. The summed E-state index contributed by atoms with van der Waals surface area (Å²) in [5.41, 5.74) is 0. The first kappa shape index (κ1) is 12.9. The summed E-state index contributed by atoms with van der Waals surface area (Å²) in [7, 11) is 0. The van der Waals surface area contributed by atoms with Gasteiger partial charge in [0.25, 0.3) is 0 Å². The van der Waals surface area contributed by atoms with Crippen molar-refractivity contribution in [3.8, 4) is 0 Å². The zero-order valence-electron chi connectivity index (χ0n) is 10.7. The maximum atomic E-state index is 5.60. The molecule has 1 N–H and O–H groups in total. The molecule has 3 heteroatoms. The van der Waals surface area contributed by atoms with Gasteiger partial charge in [0.05, 0.1) is 19.3 Å². The first-order valence-electron chi connectivity index (χ1n) is 5.93. The van der Waals surface area contributed by atoms with Gasteiger partial charge in [-0.25, -0.2) is 0 Å². The monoisotopic (exact) mass is 215 g/mol. The van der Waals surface area contributed by atoms with E-state index >= 15 is 0 Å². The SMILES string of the molecule is CC(C)CC(C)NC1COC(C)(C)OC1. The molecule has 1 unspecified atom stereocenters. The molecule has 1 aliphatic heterocycles. The van der Waals surface area contributed by atoms with Crippen LogP contribution < -0.4 is 5.32 Å². The molecule has 3 nitrogen and oxygen atoms in total. The Morgan fingerprint density at radius 2 is 1.73 bits per heavy atom. The molecule has 0 amide bonds. The molecule has 0 aliphatic carbocycles. The average Bonchev–Trinajstić information content (AvgIpc) is 2.07. The number of nitrogens with one attached hydrogen (secondary N) is 1. The minimum absolute atomic E-state index is 0.340. The molecular weight excluding hydrogens is 190 g/mol. The van der Waals surface area contributed by atoms with Gasteiger partial charge in [-0.1, -0.05) is 13.8 Å². The predicted molar refractivity (Wildman–Crippen MR) is 61.8 cm³/mol. The number of hydrogen-bond donors (Lipinski definition) is 1. The van der Waals surface area contributed by atoms with Crippen molar-refractivity contribution < 1.29 is 9.47 Å². The van der Waals surface area contributed by atoms with E-state index in [4.69, 9.17) is 9.47 Å². The third-order valence-electron chi connectivity index (χ3n) is 2.61. The Balaban J connectivity index is 2.23. The molecule has 90 valence electrons. The number of hydrogen-bond acceptors (Lipinski definition) is 3.